The summed E-state index contributed by atoms with van der Waals surface area (Å²) in [5.41, 5.74) is 1.09. The lowest BCUT2D eigenvalue weighted by atomic mass is 9.91. The fourth-order valence-electron chi connectivity index (χ4n) is 1.79. The maximum Gasteiger partial charge on any atom is 0.129 e. The average Bonchev–Trinajstić information content (AvgIpc) is 2.21. The summed E-state index contributed by atoms with van der Waals surface area (Å²) >= 11 is 12.0. The van der Waals surface area contributed by atoms with Crippen molar-refractivity contribution in [2.24, 2.45) is 0 Å². The molecule has 16 heavy (non-hydrogen) atoms. The van der Waals surface area contributed by atoms with E-state index in [0.29, 0.717) is 22.4 Å². The molecule has 88 valence electrons. The van der Waals surface area contributed by atoms with Crippen LogP contribution in [0.2, 0.25) is 10.0 Å². The van der Waals surface area contributed by atoms with E-state index in [1.165, 1.54) is 0 Å². The number of Topliss-reactive ketones (excluding diaryl/α,β-unsaturated/α-hetero) is 1. The minimum absolute atomic E-state index is 0.225. The number of rotatable bonds is 5. The predicted octanol–water partition coefficient (Wildman–Crippen LogP) is 4.86. The van der Waals surface area contributed by atoms with Gasteiger partial charge in [0.25, 0.3) is 0 Å². The molecule has 3 heteroatoms. The van der Waals surface area contributed by atoms with Crippen molar-refractivity contribution in [1.82, 2.24) is 0 Å². The van der Waals surface area contributed by atoms with Gasteiger partial charge in [0.05, 0.1) is 0 Å². The summed E-state index contributed by atoms with van der Waals surface area (Å²) in [6.07, 6.45) is 2.44. The van der Waals surface area contributed by atoms with E-state index in [0.717, 1.165) is 18.4 Å². The summed E-state index contributed by atoms with van der Waals surface area (Å²) < 4.78 is 0. The molecule has 0 saturated heterocycles. The Bertz CT molecular complexity index is 374. The van der Waals surface area contributed by atoms with Crippen molar-refractivity contribution in [2.75, 3.05) is 0 Å². The van der Waals surface area contributed by atoms with Crippen LogP contribution in [0.4, 0.5) is 0 Å². The summed E-state index contributed by atoms with van der Waals surface area (Å²) in [5, 5.41) is 1.35. The zero-order valence-electron chi connectivity index (χ0n) is 9.59. The van der Waals surface area contributed by atoms with Gasteiger partial charge in [-0.05, 0) is 43.4 Å². The van der Waals surface area contributed by atoms with E-state index >= 15 is 0 Å². The van der Waals surface area contributed by atoms with Crippen LogP contribution in [-0.2, 0) is 4.79 Å². The Morgan fingerprint density at radius 2 is 2.06 bits per heavy atom. The first-order valence-corrected chi connectivity index (χ1v) is 6.24. The van der Waals surface area contributed by atoms with Crippen LogP contribution >= 0.6 is 23.2 Å². The van der Waals surface area contributed by atoms with Gasteiger partial charge >= 0.3 is 0 Å². The first kappa shape index (κ1) is 13.5. The van der Waals surface area contributed by atoms with Crippen LogP contribution in [0.1, 0.15) is 44.6 Å². The van der Waals surface area contributed by atoms with Crippen molar-refractivity contribution in [3.05, 3.63) is 33.8 Å². The predicted molar refractivity (Wildman–Crippen MR) is 69.4 cm³/mol. The van der Waals surface area contributed by atoms with Gasteiger partial charge in [0, 0.05) is 16.5 Å². The number of carbonyl (C=O) groups is 1. The van der Waals surface area contributed by atoms with E-state index in [2.05, 4.69) is 6.92 Å². The highest BCUT2D eigenvalue weighted by Crippen LogP contribution is 2.32. The second-order valence-electron chi connectivity index (χ2n) is 4.01. The highest BCUT2D eigenvalue weighted by atomic mass is 35.5. The van der Waals surface area contributed by atoms with Gasteiger partial charge in [-0.2, -0.15) is 0 Å². The number of hydrogen-bond donors (Lipinski definition) is 0. The zero-order chi connectivity index (χ0) is 12.1. The molecule has 0 aromatic heterocycles. The lowest BCUT2D eigenvalue weighted by Crippen LogP contribution is -2.01. The minimum Gasteiger partial charge on any atom is -0.300 e. The van der Waals surface area contributed by atoms with E-state index in [-0.39, 0.29) is 5.78 Å². The largest absolute Gasteiger partial charge is 0.300 e. The first-order chi connectivity index (χ1) is 7.54. The SMILES string of the molecule is CCC(CCC(C)=O)c1ccc(Cl)cc1Cl. The second kappa shape index (κ2) is 6.27. The van der Waals surface area contributed by atoms with Crippen molar-refractivity contribution in [3.63, 3.8) is 0 Å². The molecule has 0 fully saturated rings. The van der Waals surface area contributed by atoms with Gasteiger partial charge < -0.3 is 4.79 Å². The van der Waals surface area contributed by atoms with Crippen molar-refractivity contribution < 1.29 is 4.79 Å². The molecular weight excluding hydrogens is 243 g/mol. The van der Waals surface area contributed by atoms with Gasteiger partial charge in [0.2, 0.25) is 0 Å². The molecule has 1 nitrogen and oxygen atoms in total. The quantitative estimate of drug-likeness (QED) is 0.738. The molecule has 0 radical (unpaired) electrons. The summed E-state index contributed by atoms with van der Waals surface area (Å²) in [6, 6.07) is 5.56. The number of hydrogen-bond acceptors (Lipinski definition) is 1. The highest BCUT2D eigenvalue weighted by Gasteiger charge is 2.13. The van der Waals surface area contributed by atoms with E-state index in [1.54, 1.807) is 13.0 Å². The minimum atomic E-state index is 0.225. The van der Waals surface area contributed by atoms with Crippen molar-refractivity contribution in [3.8, 4) is 0 Å². The van der Waals surface area contributed by atoms with Crippen molar-refractivity contribution >= 4 is 29.0 Å². The van der Waals surface area contributed by atoms with E-state index in [9.17, 15) is 4.79 Å². The van der Waals surface area contributed by atoms with E-state index in [4.69, 9.17) is 23.2 Å². The second-order valence-corrected chi connectivity index (χ2v) is 4.86. The van der Waals surface area contributed by atoms with E-state index < -0.39 is 0 Å². The zero-order valence-corrected chi connectivity index (χ0v) is 11.1. The van der Waals surface area contributed by atoms with Crippen molar-refractivity contribution in [1.29, 1.82) is 0 Å². The van der Waals surface area contributed by atoms with Gasteiger partial charge in [-0.25, -0.2) is 0 Å². The molecule has 1 unspecified atom stereocenters. The summed E-state index contributed by atoms with van der Waals surface area (Å²) in [7, 11) is 0. The van der Waals surface area contributed by atoms with Gasteiger partial charge in [-0.1, -0.05) is 36.2 Å². The molecule has 0 aliphatic carbocycles. The molecule has 0 heterocycles. The Hall–Kier alpha value is -0.530. The van der Waals surface area contributed by atoms with Gasteiger partial charge in [0.15, 0.2) is 0 Å². The monoisotopic (exact) mass is 258 g/mol. The highest BCUT2D eigenvalue weighted by molar-refractivity contribution is 6.35. The maximum atomic E-state index is 11.0. The fourth-order valence-corrected chi connectivity index (χ4v) is 2.35. The van der Waals surface area contributed by atoms with Crippen molar-refractivity contribution in [2.45, 2.75) is 39.0 Å². The lowest BCUT2D eigenvalue weighted by Gasteiger charge is -2.16. The van der Waals surface area contributed by atoms with Crippen LogP contribution in [0.3, 0.4) is 0 Å². The van der Waals surface area contributed by atoms with Crippen LogP contribution in [0.15, 0.2) is 18.2 Å². The Kier molecular flexibility index (Phi) is 5.30. The third-order valence-electron chi connectivity index (χ3n) is 2.74. The Morgan fingerprint density at radius 1 is 1.38 bits per heavy atom. The van der Waals surface area contributed by atoms with E-state index in [1.807, 2.05) is 12.1 Å². The molecular formula is C13H16Cl2O. The van der Waals surface area contributed by atoms with Crippen LogP contribution in [0, 0.1) is 0 Å². The molecule has 0 N–H and O–H groups in total. The molecule has 0 aliphatic heterocycles. The molecule has 1 rings (SSSR count). The molecule has 1 aromatic rings. The molecule has 1 aromatic carbocycles. The third kappa shape index (κ3) is 3.80. The standard InChI is InChI=1S/C13H16Cl2O/c1-3-10(5-4-9(2)16)12-7-6-11(14)8-13(12)15/h6-8,10H,3-5H2,1-2H3. The Balaban J connectivity index is 2.82. The smallest absolute Gasteiger partial charge is 0.129 e. The molecule has 1 atom stereocenters. The summed E-state index contributed by atoms with van der Waals surface area (Å²) in [4.78, 5) is 11.0. The summed E-state index contributed by atoms with van der Waals surface area (Å²) in [5.74, 6) is 0.567. The average molecular weight is 259 g/mol. The Morgan fingerprint density at radius 3 is 2.56 bits per heavy atom. The van der Waals surface area contributed by atoms with Crippen LogP contribution in [0.25, 0.3) is 0 Å². The molecule has 0 spiro atoms. The summed E-state index contributed by atoms with van der Waals surface area (Å²) in [6.45, 7) is 3.73. The topological polar surface area (TPSA) is 17.1 Å². The number of benzene rings is 1. The fraction of sp³-hybridized carbons (Fsp3) is 0.462. The Labute approximate surface area is 107 Å². The molecule has 0 amide bonds. The van der Waals surface area contributed by atoms with Gasteiger partial charge in [0.1, 0.15) is 5.78 Å². The van der Waals surface area contributed by atoms with Gasteiger partial charge in [-0.15, -0.1) is 0 Å². The normalized spacial score (nSPS) is 12.5. The molecule has 0 aliphatic rings. The van der Waals surface area contributed by atoms with Crippen LogP contribution < -0.4 is 0 Å². The maximum absolute atomic E-state index is 11.0. The third-order valence-corrected chi connectivity index (χ3v) is 3.30. The van der Waals surface area contributed by atoms with Gasteiger partial charge in [-0.3, -0.25) is 0 Å². The van der Waals surface area contributed by atoms with Crippen LogP contribution in [0.5, 0.6) is 0 Å². The number of ketones is 1. The number of halogens is 2. The first-order valence-electron chi connectivity index (χ1n) is 5.49. The molecule has 0 saturated carbocycles. The number of carbonyl (C=O) groups excluding carboxylic acids is 1. The molecule has 0 bridgehead atoms. The van der Waals surface area contributed by atoms with Crippen LogP contribution in [-0.4, -0.2) is 5.78 Å². The lowest BCUT2D eigenvalue weighted by molar-refractivity contribution is -0.117.